The van der Waals surface area contributed by atoms with Crippen LogP contribution in [0.1, 0.15) is 16.8 Å². The molecule has 0 aliphatic carbocycles. The molecule has 1 fully saturated rings. The minimum absolute atomic E-state index is 0.237. The number of ether oxygens (including phenoxy) is 1. The number of nitrogens with one attached hydrogen (secondary N) is 2. The van der Waals surface area contributed by atoms with E-state index in [4.69, 9.17) is 4.74 Å². The van der Waals surface area contributed by atoms with Crippen LogP contribution >= 0.6 is 0 Å². The van der Waals surface area contributed by atoms with Gasteiger partial charge in [-0.2, -0.15) is 10.1 Å². The number of aryl methyl sites for hydroxylation is 2. The molecule has 0 radical (unpaired) electrons. The van der Waals surface area contributed by atoms with E-state index in [9.17, 15) is 9.90 Å². The maximum Gasteiger partial charge on any atom is 0.247 e. The first-order valence-corrected chi connectivity index (χ1v) is 10.5. The summed E-state index contributed by atoms with van der Waals surface area (Å²) in [6, 6.07) is 5.21. The third-order valence-corrected chi connectivity index (χ3v) is 5.39. The second-order valence-corrected chi connectivity index (χ2v) is 7.97. The summed E-state index contributed by atoms with van der Waals surface area (Å²) in [7, 11) is 1.56. The quantitative estimate of drug-likeness (QED) is 0.449. The van der Waals surface area contributed by atoms with Gasteiger partial charge in [-0.25, -0.2) is 9.67 Å². The van der Waals surface area contributed by atoms with E-state index in [1.165, 1.54) is 6.08 Å². The Morgan fingerprint density at radius 1 is 1.36 bits per heavy atom. The largest absolute Gasteiger partial charge is 0.495 e. The maximum atomic E-state index is 11.6. The number of likely N-dealkylation sites (tertiary alicyclic amines) is 1. The summed E-state index contributed by atoms with van der Waals surface area (Å²) in [6.07, 6.45) is 4.66. The summed E-state index contributed by atoms with van der Waals surface area (Å²) < 4.78 is 7.18. The van der Waals surface area contributed by atoms with Gasteiger partial charge in [0.05, 0.1) is 24.6 Å². The van der Waals surface area contributed by atoms with Gasteiger partial charge in [0.15, 0.2) is 5.82 Å². The maximum absolute atomic E-state index is 11.6. The molecular weight excluding hydrogens is 422 g/mol. The lowest BCUT2D eigenvalue weighted by atomic mass is 10.1. The van der Waals surface area contributed by atoms with E-state index >= 15 is 0 Å². The first-order chi connectivity index (χ1) is 15.9. The molecule has 10 heteroatoms. The van der Waals surface area contributed by atoms with Crippen LogP contribution in [0.2, 0.25) is 0 Å². The van der Waals surface area contributed by atoms with Crippen LogP contribution in [-0.2, 0) is 11.3 Å². The van der Waals surface area contributed by atoms with Crippen molar-refractivity contribution in [3.05, 3.63) is 60.1 Å². The minimum atomic E-state index is -0.308. The summed E-state index contributed by atoms with van der Waals surface area (Å²) in [5.41, 5.74) is 4.05. The summed E-state index contributed by atoms with van der Waals surface area (Å²) in [6.45, 7) is 9.45. The molecule has 3 heterocycles. The number of methoxy groups -OCH3 is 1. The summed E-state index contributed by atoms with van der Waals surface area (Å²) in [5, 5.41) is 20.1. The van der Waals surface area contributed by atoms with Gasteiger partial charge in [0, 0.05) is 48.8 Å². The number of hydrogen-bond acceptors (Lipinski definition) is 8. The van der Waals surface area contributed by atoms with E-state index in [-0.39, 0.29) is 12.0 Å². The number of hydrogen-bond donors (Lipinski definition) is 3. The summed E-state index contributed by atoms with van der Waals surface area (Å²) in [5.74, 6) is 1.28. The average Bonchev–Trinajstić information content (AvgIpc) is 3.14. The molecule has 1 amide bonds. The van der Waals surface area contributed by atoms with Crippen molar-refractivity contribution < 1.29 is 14.6 Å². The van der Waals surface area contributed by atoms with E-state index < -0.39 is 0 Å². The fraction of sp³-hybridized carbons (Fsp3) is 0.304. The molecule has 1 aliphatic rings. The monoisotopic (exact) mass is 449 g/mol. The molecule has 0 atom stereocenters. The third-order valence-electron chi connectivity index (χ3n) is 5.39. The van der Waals surface area contributed by atoms with Crippen LogP contribution in [0.25, 0.3) is 5.82 Å². The third kappa shape index (κ3) is 5.02. The standard InChI is InChI=1S/C23H27N7O3/c1-5-21(32)25-17-6-7-20(33-4)19(8-17)26-23-24-9-14(2)22(27-23)30-11-16(15(3)28-30)10-29-12-18(31)13-29/h5-9,11,18,31H,1,10,12-13H2,2-4H3,(H,25,32)(H,24,26,27). The molecule has 172 valence electrons. The highest BCUT2D eigenvalue weighted by molar-refractivity contribution is 5.99. The molecule has 0 unspecified atom stereocenters. The second kappa shape index (κ2) is 9.39. The molecule has 3 N–H and O–H groups in total. The number of aliphatic hydroxyl groups excluding tert-OH is 1. The zero-order valence-corrected chi connectivity index (χ0v) is 18.9. The van der Waals surface area contributed by atoms with Gasteiger partial charge in [-0.1, -0.05) is 6.58 Å². The first kappa shape index (κ1) is 22.4. The summed E-state index contributed by atoms with van der Waals surface area (Å²) >= 11 is 0. The SMILES string of the molecule is C=CC(=O)Nc1ccc(OC)c(Nc2ncc(C)c(-n3cc(CN4CC(O)C4)c(C)n3)n2)c1. The zero-order valence-electron chi connectivity index (χ0n) is 18.9. The van der Waals surface area contributed by atoms with Gasteiger partial charge in [-0.15, -0.1) is 0 Å². The normalized spacial score (nSPS) is 13.9. The molecule has 33 heavy (non-hydrogen) atoms. The van der Waals surface area contributed by atoms with Crippen LogP contribution in [0.3, 0.4) is 0 Å². The van der Waals surface area contributed by atoms with E-state index in [1.807, 2.05) is 20.0 Å². The van der Waals surface area contributed by atoms with Crippen LogP contribution in [-0.4, -0.2) is 62.0 Å². The first-order valence-electron chi connectivity index (χ1n) is 10.5. The van der Waals surface area contributed by atoms with Crippen molar-refractivity contribution >= 4 is 23.2 Å². The lowest BCUT2D eigenvalue weighted by Crippen LogP contribution is -2.49. The molecule has 0 spiro atoms. The fourth-order valence-corrected chi connectivity index (χ4v) is 3.59. The van der Waals surface area contributed by atoms with E-state index in [0.29, 0.717) is 42.0 Å². The van der Waals surface area contributed by atoms with Gasteiger partial charge in [-0.05, 0) is 38.1 Å². The van der Waals surface area contributed by atoms with Gasteiger partial charge < -0.3 is 20.5 Å². The van der Waals surface area contributed by atoms with E-state index in [2.05, 4.69) is 37.2 Å². The smallest absolute Gasteiger partial charge is 0.247 e. The molecule has 1 saturated heterocycles. The van der Waals surface area contributed by atoms with Crippen molar-refractivity contribution in [3.8, 4) is 11.6 Å². The van der Waals surface area contributed by atoms with Crippen molar-refractivity contribution in [2.45, 2.75) is 26.5 Å². The van der Waals surface area contributed by atoms with Crippen LogP contribution in [0.5, 0.6) is 5.75 Å². The van der Waals surface area contributed by atoms with Gasteiger partial charge in [0.1, 0.15) is 5.75 Å². The predicted octanol–water partition coefficient (Wildman–Crippen LogP) is 2.33. The molecular formula is C23H27N7O3. The number of benzene rings is 1. The topological polar surface area (TPSA) is 117 Å². The Balaban J connectivity index is 1.59. The predicted molar refractivity (Wildman–Crippen MR) is 125 cm³/mol. The second-order valence-electron chi connectivity index (χ2n) is 7.97. The Morgan fingerprint density at radius 2 is 2.15 bits per heavy atom. The Hall–Kier alpha value is -3.76. The number of β-amino-alcohol motifs (C(OH)–C–C–N with tert-alkyl or cyclic N) is 1. The Labute approximate surface area is 191 Å². The number of aromatic nitrogens is 4. The van der Waals surface area contributed by atoms with Crippen molar-refractivity contribution in [2.75, 3.05) is 30.8 Å². The number of carbonyl (C=O) groups excluding carboxylic acids is 1. The van der Waals surface area contributed by atoms with Crippen molar-refractivity contribution in [1.82, 2.24) is 24.6 Å². The molecule has 3 aromatic rings. The van der Waals surface area contributed by atoms with Gasteiger partial charge >= 0.3 is 0 Å². The zero-order chi connectivity index (χ0) is 23.5. The lowest BCUT2D eigenvalue weighted by Gasteiger charge is -2.35. The molecule has 2 aromatic heterocycles. The Bertz CT molecular complexity index is 1180. The Morgan fingerprint density at radius 3 is 2.85 bits per heavy atom. The molecule has 10 nitrogen and oxygen atoms in total. The van der Waals surface area contributed by atoms with Crippen molar-refractivity contribution in [2.24, 2.45) is 0 Å². The number of carbonyl (C=O) groups is 1. The van der Waals surface area contributed by atoms with Crippen molar-refractivity contribution in [1.29, 1.82) is 0 Å². The van der Waals surface area contributed by atoms with Crippen LogP contribution in [0, 0.1) is 13.8 Å². The highest BCUT2D eigenvalue weighted by Gasteiger charge is 2.25. The van der Waals surface area contributed by atoms with Gasteiger partial charge in [0.25, 0.3) is 0 Å². The van der Waals surface area contributed by atoms with Crippen LogP contribution in [0.15, 0.2) is 43.2 Å². The van der Waals surface area contributed by atoms with E-state index in [1.54, 1.807) is 36.2 Å². The fourth-order valence-electron chi connectivity index (χ4n) is 3.59. The van der Waals surface area contributed by atoms with Crippen LogP contribution in [0.4, 0.5) is 17.3 Å². The lowest BCUT2D eigenvalue weighted by molar-refractivity contribution is -0.111. The number of amides is 1. The average molecular weight is 450 g/mol. The summed E-state index contributed by atoms with van der Waals surface area (Å²) in [4.78, 5) is 22.9. The van der Waals surface area contributed by atoms with Gasteiger partial charge in [0.2, 0.25) is 11.9 Å². The highest BCUT2D eigenvalue weighted by Crippen LogP contribution is 2.30. The number of anilines is 3. The molecule has 1 aliphatic heterocycles. The van der Waals surface area contributed by atoms with Crippen molar-refractivity contribution in [3.63, 3.8) is 0 Å². The van der Waals surface area contributed by atoms with Crippen LogP contribution < -0.4 is 15.4 Å². The highest BCUT2D eigenvalue weighted by atomic mass is 16.5. The number of aliphatic hydroxyl groups is 1. The van der Waals surface area contributed by atoms with E-state index in [0.717, 1.165) is 23.4 Å². The molecule has 4 rings (SSSR count). The number of nitrogens with zero attached hydrogens (tertiary/aromatic N) is 5. The minimum Gasteiger partial charge on any atom is -0.495 e. The number of rotatable bonds is 8. The molecule has 0 bridgehead atoms. The molecule has 1 aromatic carbocycles. The van der Waals surface area contributed by atoms with Gasteiger partial charge in [-0.3, -0.25) is 9.69 Å². The Kier molecular flexibility index (Phi) is 6.38. The molecule has 0 saturated carbocycles.